The molecular formula is C8H9FN3S+. The molecule has 3 nitrogen and oxygen atoms in total. The Hall–Kier alpha value is -1.49. The minimum atomic E-state index is -0.306. The third kappa shape index (κ3) is 3.16. The third-order valence-corrected chi connectivity index (χ3v) is 1.43. The first-order valence-corrected chi connectivity index (χ1v) is 3.99. The molecule has 68 valence electrons. The van der Waals surface area contributed by atoms with E-state index in [1.807, 2.05) is 0 Å². The van der Waals surface area contributed by atoms with Crippen molar-refractivity contribution >= 4 is 23.5 Å². The largest absolute Gasteiger partial charge is 0.372 e. The van der Waals surface area contributed by atoms with Crippen molar-refractivity contribution < 1.29 is 9.49 Å². The molecule has 0 aromatic heterocycles. The lowest BCUT2D eigenvalue weighted by molar-refractivity contribution is -0.499. The summed E-state index contributed by atoms with van der Waals surface area (Å²) >= 11 is 4.53. The molecule has 13 heavy (non-hydrogen) atoms. The van der Waals surface area contributed by atoms with Crippen LogP contribution in [0.25, 0.3) is 0 Å². The van der Waals surface area contributed by atoms with Gasteiger partial charge in [0, 0.05) is 0 Å². The Morgan fingerprint density at radius 1 is 1.54 bits per heavy atom. The van der Waals surface area contributed by atoms with Gasteiger partial charge in [-0.25, -0.2) is 4.39 Å². The van der Waals surface area contributed by atoms with E-state index >= 15 is 0 Å². The van der Waals surface area contributed by atoms with E-state index in [1.165, 1.54) is 12.3 Å². The molecule has 0 aliphatic carbocycles. The van der Waals surface area contributed by atoms with Gasteiger partial charge in [0.05, 0.1) is 5.56 Å². The monoisotopic (exact) mass is 198 g/mol. The van der Waals surface area contributed by atoms with Crippen LogP contribution in [-0.4, -0.2) is 11.3 Å². The van der Waals surface area contributed by atoms with Crippen LogP contribution in [0.1, 0.15) is 5.56 Å². The Bertz CT molecular complexity index is 338. The van der Waals surface area contributed by atoms with Crippen molar-refractivity contribution in [2.45, 2.75) is 0 Å². The fourth-order valence-corrected chi connectivity index (χ4v) is 0.836. The van der Waals surface area contributed by atoms with Gasteiger partial charge in [-0.15, -0.1) is 10.5 Å². The van der Waals surface area contributed by atoms with Crippen LogP contribution in [0, 0.1) is 5.82 Å². The van der Waals surface area contributed by atoms with E-state index in [0.29, 0.717) is 5.56 Å². The maximum absolute atomic E-state index is 13.0. The average molecular weight is 198 g/mol. The van der Waals surface area contributed by atoms with E-state index < -0.39 is 0 Å². The molecule has 1 aromatic rings. The number of nitrogens with one attached hydrogen (secondary N) is 2. The maximum atomic E-state index is 13.0. The molecule has 0 aliphatic rings. The van der Waals surface area contributed by atoms with Crippen molar-refractivity contribution in [1.82, 2.24) is 5.43 Å². The van der Waals surface area contributed by atoms with E-state index in [2.05, 4.69) is 22.7 Å². The molecule has 0 saturated carbocycles. The number of benzene rings is 1. The number of nitrogens with two attached hydrogens (primary N) is 1. The van der Waals surface area contributed by atoms with Crippen LogP contribution in [0.4, 0.5) is 4.39 Å². The summed E-state index contributed by atoms with van der Waals surface area (Å²) in [6.07, 6.45) is 1.44. The van der Waals surface area contributed by atoms with E-state index in [4.69, 9.17) is 5.73 Å². The van der Waals surface area contributed by atoms with Crippen molar-refractivity contribution in [2.75, 3.05) is 0 Å². The highest BCUT2D eigenvalue weighted by Crippen LogP contribution is 2.00. The lowest BCUT2D eigenvalue weighted by atomic mass is 10.2. The lowest BCUT2D eigenvalue weighted by Gasteiger charge is -1.91. The smallest absolute Gasteiger partial charge is 0.221 e. The number of rotatable bonds is 2. The second-order valence-corrected chi connectivity index (χ2v) is 2.74. The van der Waals surface area contributed by atoms with Gasteiger partial charge in [0.2, 0.25) is 11.3 Å². The normalized spacial score (nSPS) is 10.2. The van der Waals surface area contributed by atoms with Crippen LogP contribution in [0.2, 0.25) is 0 Å². The summed E-state index contributed by atoms with van der Waals surface area (Å²) in [7, 11) is 0. The van der Waals surface area contributed by atoms with Crippen LogP contribution in [-0.2, 0) is 0 Å². The number of hydrazine groups is 1. The van der Waals surface area contributed by atoms with Crippen molar-refractivity contribution in [1.29, 1.82) is 0 Å². The fraction of sp³-hybridized carbons (Fsp3) is 0. The van der Waals surface area contributed by atoms with Gasteiger partial charge >= 0.3 is 0 Å². The first kappa shape index (κ1) is 9.60. The quantitative estimate of drug-likeness (QED) is 0.327. The van der Waals surface area contributed by atoms with Crippen LogP contribution in [0.15, 0.2) is 24.3 Å². The Kier molecular flexibility index (Phi) is 3.33. The first-order valence-electron chi connectivity index (χ1n) is 3.59. The molecule has 0 atom stereocenters. The number of hydrogen-bond donors (Lipinski definition) is 3. The summed E-state index contributed by atoms with van der Waals surface area (Å²) in [5.41, 5.74) is 8.03. The summed E-state index contributed by atoms with van der Waals surface area (Å²) in [6.45, 7) is 0. The SMILES string of the molecule is NC(=S)N[NH+]=Cc1ccccc1F. The van der Waals surface area contributed by atoms with Crippen LogP contribution < -0.4 is 16.3 Å². The van der Waals surface area contributed by atoms with Gasteiger partial charge in [0.15, 0.2) is 0 Å². The summed E-state index contributed by atoms with van der Waals surface area (Å²) in [5, 5.41) is 2.66. The topological polar surface area (TPSA) is 52.0 Å². The molecule has 1 aromatic carbocycles. The Labute approximate surface area is 80.4 Å². The number of thiocarbonyl (C=S) groups is 1. The minimum Gasteiger partial charge on any atom is -0.372 e. The summed E-state index contributed by atoms with van der Waals surface area (Å²) in [5.74, 6) is -0.306. The van der Waals surface area contributed by atoms with Crippen molar-refractivity contribution in [2.24, 2.45) is 5.73 Å². The standard InChI is InChI=1S/C8H8FN3S/c9-7-4-2-1-3-6(7)5-11-12-8(10)13/h1-5H,(H3,10,12,13)/p+1. The van der Waals surface area contributed by atoms with Crippen LogP contribution in [0.5, 0.6) is 0 Å². The first-order chi connectivity index (χ1) is 6.20. The highest BCUT2D eigenvalue weighted by molar-refractivity contribution is 7.80. The molecule has 4 N–H and O–H groups in total. The molecular weight excluding hydrogens is 189 g/mol. The van der Waals surface area contributed by atoms with Crippen molar-refractivity contribution in [3.63, 3.8) is 0 Å². The molecule has 1 rings (SSSR count). The van der Waals surface area contributed by atoms with E-state index in [9.17, 15) is 4.39 Å². The van der Waals surface area contributed by atoms with E-state index in [-0.39, 0.29) is 10.9 Å². The molecule has 0 bridgehead atoms. The molecule has 0 unspecified atom stereocenters. The van der Waals surface area contributed by atoms with Crippen LogP contribution >= 0.6 is 12.2 Å². The molecule has 0 heterocycles. The predicted molar refractivity (Wildman–Crippen MR) is 52.4 cm³/mol. The Morgan fingerprint density at radius 2 is 2.23 bits per heavy atom. The number of halogens is 1. The van der Waals surface area contributed by atoms with Crippen molar-refractivity contribution in [3.05, 3.63) is 35.6 Å². The second-order valence-electron chi connectivity index (χ2n) is 2.30. The molecule has 0 saturated heterocycles. The maximum Gasteiger partial charge on any atom is 0.221 e. The summed E-state index contributed by atoms with van der Waals surface area (Å²) < 4.78 is 13.0. The Balaban J connectivity index is 2.68. The molecule has 0 fully saturated rings. The van der Waals surface area contributed by atoms with Crippen molar-refractivity contribution in [3.8, 4) is 0 Å². The Morgan fingerprint density at radius 3 is 2.85 bits per heavy atom. The van der Waals surface area contributed by atoms with Gasteiger partial charge < -0.3 is 5.73 Å². The molecule has 0 radical (unpaired) electrons. The molecule has 0 amide bonds. The summed E-state index contributed by atoms with van der Waals surface area (Å²) in [6, 6.07) is 6.35. The van der Waals surface area contributed by atoms with Gasteiger partial charge in [0.25, 0.3) is 0 Å². The van der Waals surface area contributed by atoms with Crippen LogP contribution in [0.3, 0.4) is 0 Å². The van der Waals surface area contributed by atoms with Gasteiger partial charge in [-0.2, -0.15) is 0 Å². The van der Waals surface area contributed by atoms with Gasteiger partial charge in [-0.05, 0) is 24.4 Å². The third-order valence-electron chi connectivity index (χ3n) is 1.33. The van der Waals surface area contributed by atoms with Gasteiger partial charge in [0.1, 0.15) is 5.82 Å². The second kappa shape index (κ2) is 4.51. The molecule has 0 aliphatic heterocycles. The summed E-state index contributed by atoms with van der Waals surface area (Å²) in [4.78, 5) is 0. The zero-order chi connectivity index (χ0) is 9.68. The predicted octanol–water partition coefficient (Wildman–Crippen LogP) is -0.927. The lowest BCUT2D eigenvalue weighted by Crippen LogP contribution is -2.82. The minimum absolute atomic E-state index is 0.104. The number of hydrogen-bond acceptors (Lipinski definition) is 1. The zero-order valence-corrected chi connectivity index (χ0v) is 7.57. The average Bonchev–Trinajstić information content (AvgIpc) is 2.08. The zero-order valence-electron chi connectivity index (χ0n) is 6.75. The van der Waals surface area contributed by atoms with Gasteiger partial charge in [-0.1, -0.05) is 12.1 Å². The molecule has 0 spiro atoms. The van der Waals surface area contributed by atoms with E-state index in [0.717, 1.165) is 0 Å². The van der Waals surface area contributed by atoms with Gasteiger partial charge in [-0.3, -0.25) is 0 Å². The highest BCUT2D eigenvalue weighted by atomic mass is 32.1. The fourth-order valence-electron chi connectivity index (χ4n) is 0.777. The highest BCUT2D eigenvalue weighted by Gasteiger charge is 1.98. The number of hydrazone groups is 1. The molecule has 5 heteroatoms. The van der Waals surface area contributed by atoms with E-state index in [1.54, 1.807) is 18.2 Å².